The van der Waals surface area contributed by atoms with Crippen LogP contribution in [-0.2, 0) is 17.6 Å². The van der Waals surface area contributed by atoms with Crippen LogP contribution in [0.2, 0.25) is 0 Å². The zero-order chi connectivity index (χ0) is 15.1. The number of halogens is 1. The number of hydrogen-bond acceptors (Lipinski definition) is 3. The van der Waals surface area contributed by atoms with Gasteiger partial charge in [0, 0.05) is 33.7 Å². The Bertz CT molecular complexity index is 519. The highest BCUT2D eigenvalue weighted by molar-refractivity contribution is 9.10. The molecule has 0 saturated heterocycles. The van der Waals surface area contributed by atoms with Crippen LogP contribution >= 0.6 is 27.3 Å². The van der Waals surface area contributed by atoms with Crippen molar-refractivity contribution in [3.05, 3.63) is 19.8 Å². The lowest BCUT2D eigenvalue weighted by Gasteiger charge is -2.33. The number of carbonyl (C=O) groups is 1. The normalized spacial score (nSPS) is 18.6. The van der Waals surface area contributed by atoms with Crippen molar-refractivity contribution in [1.29, 1.82) is 0 Å². The molecule has 3 nitrogen and oxygen atoms in total. The summed E-state index contributed by atoms with van der Waals surface area (Å²) in [4.78, 5) is 16.6. The van der Waals surface area contributed by atoms with Gasteiger partial charge in [0.15, 0.2) is 0 Å². The molecule has 0 aliphatic heterocycles. The topological polar surface area (TPSA) is 29.5 Å². The molecule has 1 aromatic rings. The van der Waals surface area contributed by atoms with Gasteiger partial charge in [-0.25, -0.2) is 4.79 Å². The Morgan fingerprint density at radius 1 is 1.45 bits per heavy atom. The van der Waals surface area contributed by atoms with Crippen LogP contribution in [0.5, 0.6) is 0 Å². The van der Waals surface area contributed by atoms with E-state index in [1.807, 2.05) is 39.2 Å². The van der Waals surface area contributed by atoms with Crippen LogP contribution in [0.4, 0.5) is 4.79 Å². The van der Waals surface area contributed by atoms with Gasteiger partial charge in [-0.3, -0.25) is 0 Å². The zero-order valence-electron chi connectivity index (χ0n) is 12.7. The predicted octanol–water partition coefficient (Wildman–Crippen LogP) is 4.54. The standard InChI is InChI=1S/C15H22BrNO2S/c1-9-13(16)11-7-6-10(8-12(11)20-9)17(5)14(18)19-15(2,3)4/h10H,6-8H2,1-5H3. The molecule has 0 saturated carbocycles. The second-order valence-corrected chi connectivity index (χ2v) is 8.46. The number of aryl methyl sites for hydroxylation is 1. The summed E-state index contributed by atoms with van der Waals surface area (Å²) in [7, 11) is 1.85. The lowest BCUT2D eigenvalue weighted by Crippen LogP contribution is -2.43. The van der Waals surface area contributed by atoms with Crippen LogP contribution < -0.4 is 0 Å². The summed E-state index contributed by atoms with van der Waals surface area (Å²) in [5.74, 6) is 0. The Morgan fingerprint density at radius 3 is 2.70 bits per heavy atom. The van der Waals surface area contributed by atoms with E-state index in [-0.39, 0.29) is 12.1 Å². The summed E-state index contributed by atoms with van der Waals surface area (Å²) in [5.41, 5.74) is 0.995. The third-order valence-corrected chi connectivity index (χ3v) is 6.07. The van der Waals surface area contributed by atoms with Crippen molar-refractivity contribution in [1.82, 2.24) is 4.90 Å². The highest BCUT2D eigenvalue weighted by Crippen LogP contribution is 2.38. The molecule has 0 radical (unpaired) electrons. The fourth-order valence-corrected chi connectivity index (χ4v) is 4.48. The highest BCUT2D eigenvalue weighted by Gasteiger charge is 2.30. The van der Waals surface area contributed by atoms with Gasteiger partial charge in [-0.15, -0.1) is 11.3 Å². The molecule has 0 aromatic carbocycles. The van der Waals surface area contributed by atoms with E-state index in [1.54, 1.807) is 4.90 Å². The van der Waals surface area contributed by atoms with Crippen molar-refractivity contribution in [2.75, 3.05) is 7.05 Å². The SMILES string of the molecule is Cc1sc2c(c1Br)CCC(N(C)C(=O)OC(C)(C)C)C2. The number of carbonyl (C=O) groups excluding carboxylic acids is 1. The predicted molar refractivity (Wildman–Crippen MR) is 86.6 cm³/mol. The van der Waals surface area contributed by atoms with Crippen LogP contribution in [0, 0.1) is 6.92 Å². The Kier molecular flexibility index (Phi) is 4.50. The Morgan fingerprint density at radius 2 is 2.10 bits per heavy atom. The second kappa shape index (κ2) is 5.68. The molecule has 1 heterocycles. The van der Waals surface area contributed by atoms with Gasteiger partial charge in [0.05, 0.1) is 0 Å². The maximum absolute atomic E-state index is 12.1. The minimum Gasteiger partial charge on any atom is -0.444 e. The smallest absolute Gasteiger partial charge is 0.410 e. The quantitative estimate of drug-likeness (QED) is 0.736. The molecule has 0 bridgehead atoms. The van der Waals surface area contributed by atoms with Crippen molar-refractivity contribution in [3.63, 3.8) is 0 Å². The molecule has 5 heteroatoms. The molecule has 1 unspecified atom stereocenters. The van der Waals surface area contributed by atoms with E-state index >= 15 is 0 Å². The fourth-order valence-electron chi connectivity index (χ4n) is 2.48. The number of likely N-dealkylation sites (N-methyl/N-ethyl adjacent to an activating group) is 1. The van der Waals surface area contributed by atoms with E-state index in [4.69, 9.17) is 4.74 Å². The molecule has 1 aromatic heterocycles. The molecule has 0 N–H and O–H groups in total. The van der Waals surface area contributed by atoms with Gasteiger partial charge in [-0.1, -0.05) is 0 Å². The third-order valence-electron chi connectivity index (χ3n) is 3.56. The van der Waals surface area contributed by atoms with Gasteiger partial charge in [0.25, 0.3) is 0 Å². The van der Waals surface area contributed by atoms with E-state index < -0.39 is 5.60 Å². The maximum Gasteiger partial charge on any atom is 0.410 e. The van der Waals surface area contributed by atoms with E-state index in [2.05, 4.69) is 22.9 Å². The first-order chi connectivity index (χ1) is 9.19. The summed E-state index contributed by atoms with van der Waals surface area (Å²) in [6.45, 7) is 7.84. The highest BCUT2D eigenvalue weighted by atomic mass is 79.9. The molecule has 1 atom stereocenters. The summed E-state index contributed by atoms with van der Waals surface area (Å²) < 4.78 is 6.71. The van der Waals surface area contributed by atoms with Crippen molar-refractivity contribution in [2.45, 2.75) is 58.6 Å². The summed E-state index contributed by atoms with van der Waals surface area (Å²) >= 11 is 5.50. The number of amides is 1. The van der Waals surface area contributed by atoms with Crippen molar-refractivity contribution in [2.24, 2.45) is 0 Å². The molecule has 1 amide bonds. The molecular weight excluding hydrogens is 338 g/mol. The Balaban J connectivity index is 2.07. The van der Waals surface area contributed by atoms with E-state index in [9.17, 15) is 4.79 Å². The third kappa shape index (κ3) is 3.37. The van der Waals surface area contributed by atoms with Gasteiger partial charge in [-0.2, -0.15) is 0 Å². The first-order valence-electron chi connectivity index (χ1n) is 6.91. The van der Waals surface area contributed by atoms with Crippen molar-refractivity contribution < 1.29 is 9.53 Å². The number of fused-ring (bicyclic) bond motifs is 1. The number of nitrogens with zero attached hydrogens (tertiary/aromatic N) is 1. The summed E-state index contributed by atoms with van der Waals surface area (Å²) in [6, 6.07) is 0.238. The summed E-state index contributed by atoms with van der Waals surface area (Å²) in [6.07, 6.45) is 2.73. The first kappa shape index (κ1) is 15.8. The lowest BCUT2D eigenvalue weighted by molar-refractivity contribution is 0.0211. The molecule has 0 fully saturated rings. The van der Waals surface area contributed by atoms with Gasteiger partial charge < -0.3 is 9.64 Å². The summed E-state index contributed by atoms with van der Waals surface area (Å²) in [5, 5.41) is 0. The van der Waals surface area contributed by atoms with Gasteiger partial charge in [-0.05, 0) is 62.0 Å². The van der Waals surface area contributed by atoms with Crippen LogP contribution in [0.15, 0.2) is 4.47 Å². The lowest BCUT2D eigenvalue weighted by atomic mass is 9.94. The van der Waals surface area contributed by atoms with Gasteiger partial charge in [0.1, 0.15) is 5.60 Å². The van der Waals surface area contributed by atoms with Gasteiger partial charge >= 0.3 is 6.09 Å². The Hall–Kier alpha value is -0.550. The second-order valence-electron chi connectivity index (χ2n) is 6.36. The van der Waals surface area contributed by atoms with Crippen molar-refractivity contribution in [3.8, 4) is 0 Å². The molecule has 1 aliphatic rings. The molecule has 0 spiro atoms. The molecule has 2 rings (SSSR count). The van der Waals surface area contributed by atoms with E-state index in [0.29, 0.717) is 0 Å². The Labute approximate surface area is 133 Å². The van der Waals surface area contributed by atoms with E-state index in [0.717, 1.165) is 19.3 Å². The number of thiophene rings is 1. The monoisotopic (exact) mass is 359 g/mol. The van der Waals surface area contributed by atoms with Crippen LogP contribution in [0.25, 0.3) is 0 Å². The van der Waals surface area contributed by atoms with Crippen LogP contribution in [-0.4, -0.2) is 29.7 Å². The average molecular weight is 360 g/mol. The molecule has 20 heavy (non-hydrogen) atoms. The number of ether oxygens (including phenoxy) is 1. The number of rotatable bonds is 1. The minimum atomic E-state index is -0.437. The fraction of sp³-hybridized carbons (Fsp3) is 0.667. The zero-order valence-corrected chi connectivity index (χ0v) is 15.2. The van der Waals surface area contributed by atoms with Gasteiger partial charge in [0.2, 0.25) is 0 Å². The van der Waals surface area contributed by atoms with Crippen LogP contribution in [0.3, 0.4) is 0 Å². The first-order valence-corrected chi connectivity index (χ1v) is 8.52. The minimum absolute atomic E-state index is 0.224. The van der Waals surface area contributed by atoms with Crippen molar-refractivity contribution >= 4 is 33.4 Å². The molecule has 112 valence electrons. The average Bonchev–Trinajstić information content (AvgIpc) is 2.61. The van der Waals surface area contributed by atoms with Crippen LogP contribution in [0.1, 0.15) is 42.5 Å². The van der Waals surface area contributed by atoms with E-state index in [1.165, 1.54) is 19.8 Å². The molecular formula is C15H22BrNO2S. The largest absolute Gasteiger partial charge is 0.444 e. The molecule has 1 aliphatic carbocycles. The maximum atomic E-state index is 12.1. The number of hydrogen-bond donors (Lipinski definition) is 0.